The van der Waals surface area contributed by atoms with E-state index >= 15 is 0 Å². The molecular formula is C22H23NO4. The third-order valence-corrected chi connectivity index (χ3v) is 4.62. The number of amides is 1. The van der Waals surface area contributed by atoms with Gasteiger partial charge in [0.25, 0.3) is 5.91 Å². The molecule has 5 heteroatoms. The molecule has 0 aliphatic carbocycles. The Morgan fingerprint density at radius 2 is 1.78 bits per heavy atom. The summed E-state index contributed by atoms with van der Waals surface area (Å²) in [5.41, 5.74) is 3.07. The van der Waals surface area contributed by atoms with Crippen LogP contribution in [-0.2, 0) is 4.79 Å². The summed E-state index contributed by atoms with van der Waals surface area (Å²) in [5, 5.41) is 3.82. The lowest BCUT2D eigenvalue weighted by molar-refractivity contribution is -0.127. The molecule has 2 aromatic carbocycles. The number of fused-ring (bicyclic) bond motifs is 1. The lowest BCUT2D eigenvalue weighted by Crippen LogP contribution is -2.37. The Balaban J connectivity index is 1.72. The van der Waals surface area contributed by atoms with Gasteiger partial charge in [-0.1, -0.05) is 24.3 Å². The zero-order valence-electron chi connectivity index (χ0n) is 15.9. The van der Waals surface area contributed by atoms with Crippen molar-refractivity contribution in [1.82, 2.24) is 5.32 Å². The highest BCUT2D eigenvalue weighted by molar-refractivity contribution is 5.83. The Morgan fingerprint density at radius 3 is 2.52 bits per heavy atom. The molecule has 1 aromatic heterocycles. The summed E-state index contributed by atoms with van der Waals surface area (Å²) in [6.07, 6.45) is -0.689. The van der Waals surface area contributed by atoms with Gasteiger partial charge >= 0.3 is 5.63 Å². The van der Waals surface area contributed by atoms with E-state index in [1.54, 1.807) is 19.1 Å². The first-order chi connectivity index (χ1) is 12.8. The molecule has 2 atom stereocenters. The molecule has 1 N–H and O–H groups in total. The number of benzene rings is 2. The van der Waals surface area contributed by atoms with Crippen molar-refractivity contribution < 1.29 is 13.9 Å². The summed E-state index contributed by atoms with van der Waals surface area (Å²) in [6, 6.07) is 14.5. The zero-order valence-corrected chi connectivity index (χ0v) is 15.9. The minimum atomic E-state index is -0.689. The summed E-state index contributed by atoms with van der Waals surface area (Å²) in [4.78, 5) is 24.1. The quantitative estimate of drug-likeness (QED) is 0.693. The van der Waals surface area contributed by atoms with Gasteiger partial charge < -0.3 is 14.5 Å². The van der Waals surface area contributed by atoms with Crippen molar-refractivity contribution in [3.8, 4) is 5.75 Å². The molecule has 0 aliphatic heterocycles. The molecule has 1 amide bonds. The second kappa shape index (κ2) is 7.66. The highest BCUT2D eigenvalue weighted by Gasteiger charge is 2.19. The maximum absolute atomic E-state index is 12.5. The molecule has 0 saturated carbocycles. The van der Waals surface area contributed by atoms with Crippen molar-refractivity contribution in [1.29, 1.82) is 0 Å². The van der Waals surface area contributed by atoms with E-state index in [9.17, 15) is 9.59 Å². The lowest BCUT2D eigenvalue weighted by atomic mass is 10.0. The summed E-state index contributed by atoms with van der Waals surface area (Å²) in [7, 11) is 0. The topological polar surface area (TPSA) is 68.5 Å². The van der Waals surface area contributed by atoms with Crippen molar-refractivity contribution in [2.45, 2.75) is 39.8 Å². The van der Waals surface area contributed by atoms with Crippen LogP contribution < -0.4 is 15.7 Å². The van der Waals surface area contributed by atoms with Crippen molar-refractivity contribution in [3.63, 3.8) is 0 Å². The maximum Gasteiger partial charge on any atom is 0.336 e. The number of hydrogen-bond donors (Lipinski definition) is 1. The van der Waals surface area contributed by atoms with Crippen LogP contribution in [0.1, 0.15) is 36.6 Å². The van der Waals surface area contributed by atoms with Gasteiger partial charge in [0, 0.05) is 17.5 Å². The Kier molecular flexibility index (Phi) is 5.31. The third kappa shape index (κ3) is 4.19. The fraction of sp³-hybridized carbons (Fsp3) is 0.273. The number of hydrogen-bond acceptors (Lipinski definition) is 4. The van der Waals surface area contributed by atoms with Crippen LogP contribution in [0.2, 0.25) is 0 Å². The predicted octanol–water partition coefficient (Wildman–Crippen LogP) is 4.05. The Labute approximate surface area is 158 Å². The van der Waals surface area contributed by atoms with Crippen molar-refractivity contribution in [2.24, 2.45) is 0 Å². The van der Waals surface area contributed by atoms with Gasteiger partial charge in [-0.2, -0.15) is 0 Å². The summed E-state index contributed by atoms with van der Waals surface area (Å²) in [6.45, 7) is 7.50. The molecule has 0 radical (unpaired) electrons. The molecule has 0 spiro atoms. The summed E-state index contributed by atoms with van der Waals surface area (Å²) in [5.74, 6) is 0.263. The number of nitrogens with one attached hydrogen (secondary N) is 1. The summed E-state index contributed by atoms with van der Waals surface area (Å²) < 4.78 is 11.0. The van der Waals surface area contributed by atoms with Gasteiger partial charge in [-0.15, -0.1) is 0 Å². The smallest absolute Gasteiger partial charge is 0.336 e. The Morgan fingerprint density at radius 1 is 1.04 bits per heavy atom. The fourth-order valence-electron chi connectivity index (χ4n) is 3.12. The van der Waals surface area contributed by atoms with Gasteiger partial charge in [0.05, 0.1) is 6.04 Å². The van der Waals surface area contributed by atoms with Crippen molar-refractivity contribution >= 4 is 16.9 Å². The van der Waals surface area contributed by atoms with Crippen molar-refractivity contribution in [2.75, 3.05) is 0 Å². The normalized spacial score (nSPS) is 13.2. The van der Waals surface area contributed by atoms with Crippen LogP contribution in [0.3, 0.4) is 0 Å². The number of ether oxygens (including phenoxy) is 1. The average Bonchev–Trinajstić information content (AvgIpc) is 2.61. The third-order valence-electron chi connectivity index (χ3n) is 4.62. The average molecular weight is 365 g/mol. The minimum absolute atomic E-state index is 0.123. The number of aryl methyl sites for hydroxylation is 2. The highest BCUT2D eigenvalue weighted by Crippen LogP contribution is 2.23. The highest BCUT2D eigenvalue weighted by atomic mass is 16.5. The van der Waals surface area contributed by atoms with Gasteiger partial charge in [-0.25, -0.2) is 4.79 Å². The first-order valence-electron chi connectivity index (χ1n) is 8.92. The Bertz CT molecular complexity index is 1040. The fourth-order valence-corrected chi connectivity index (χ4v) is 3.12. The van der Waals surface area contributed by atoms with E-state index in [1.165, 1.54) is 6.07 Å². The number of rotatable bonds is 5. The molecule has 5 nitrogen and oxygen atoms in total. The van der Waals surface area contributed by atoms with Crippen LogP contribution in [0.25, 0.3) is 11.0 Å². The molecule has 0 aliphatic rings. The molecule has 140 valence electrons. The van der Waals surface area contributed by atoms with Crippen molar-refractivity contribution in [3.05, 3.63) is 75.6 Å². The molecule has 0 fully saturated rings. The van der Waals surface area contributed by atoms with Gasteiger partial charge in [0.1, 0.15) is 11.3 Å². The second-order valence-corrected chi connectivity index (χ2v) is 6.75. The number of carbonyl (C=O) groups is 1. The van der Waals surface area contributed by atoms with Gasteiger partial charge in [-0.05, 0) is 56.5 Å². The standard InChI is InChI=1S/C22H23NO4/c1-13-7-5-6-8-18(13)15(3)23-22(25)16(4)26-17-9-10-19-14(2)11-21(24)27-20(19)12-17/h5-12,15-16H,1-4H3,(H,23,25)/t15-,16+/m0/s1. The van der Waals surface area contributed by atoms with E-state index in [2.05, 4.69) is 5.32 Å². The predicted molar refractivity (Wildman–Crippen MR) is 105 cm³/mol. The van der Waals surface area contributed by atoms with E-state index in [0.29, 0.717) is 11.3 Å². The first kappa shape index (κ1) is 18.7. The maximum atomic E-state index is 12.5. The van der Waals surface area contributed by atoms with Gasteiger partial charge in [0.2, 0.25) is 0 Å². The second-order valence-electron chi connectivity index (χ2n) is 6.75. The molecular weight excluding hydrogens is 342 g/mol. The van der Waals surface area contributed by atoms with E-state index in [4.69, 9.17) is 9.15 Å². The van der Waals surface area contributed by atoms with Crippen LogP contribution in [0.15, 0.2) is 57.7 Å². The molecule has 27 heavy (non-hydrogen) atoms. The first-order valence-corrected chi connectivity index (χ1v) is 8.92. The molecule has 0 bridgehead atoms. The molecule has 3 aromatic rings. The van der Waals surface area contributed by atoms with E-state index < -0.39 is 11.7 Å². The van der Waals surface area contributed by atoms with Crippen LogP contribution in [0.4, 0.5) is 0 Å². The lowest BCUT2D eigenvalue weighted by Gasteiger charge is -2.20. The van der Waals surface area contributed by atoms with E-state index in [1.807, 2.05) is 51.1 Å². The molecule has 0 unspecified atom stereocenters. The van der Waals surface area contributed by atoms with Gasteiger partial charge in [0.15, 0.2) is 6.10 Å². The van der Waals surface area contributed by atoms with Crippen LogP contribution in [0.5, 0.6) is 5.75 Å². The van der Waals surface area contributed by atoms with Crippen LogP contribution in [0, 0.1) is 13.8 Å². The van der Waals surface area contributed by atoms with E-state index in [-0.39, 0.29) is 11.9 Å². The SMILES string of the molecule is Cc1ccccc1[C@H](C)NC(=O)[C@@H](C)Oc1ccc2c(C)cc(=O)oc2c1. The molecule has 0 saturated heterocycles. The Hall–Kier alpha value is -3.08. The zero-order chi connectivity index (χ0) is 19.6. The monoisotopic (exact) mass is 365 g/mol. The van der Waals surface area contributed by atoms with Crippen LogP contribution in [-0.4, -0.2) is 12.0 Å². The summed E-state index contributed by atoms with van der Waals surface area (Å²) >= 11 is 0. The molecule has 3 rings (SSSR count). The van der Waals surface area contributed by atoms with E-state index in [0.717, 1.165) is 22.1 Å². The van der Waals surface area contributed by atoms with Gasteiger partial charge in [-0.3, -0.25) is 4.79 Å². The molecule has 1 heterocycles. The minimum Gasteiger partial charge on any atom is -0.481 e. The largest absolute Gasteiger partial charge is 0.481 e. The number of carbonyl (C=O) groups excluding carboxylic acids is 1. The van der Waals surface area contributed by atoms with Crippen LogP contribution >= 0.6 is 0 Å².